The Balaban J connectivity index is 2.04. The van der Waals surface area contributed by atoms with Gasteiger partial charge in [-0.15, -0.1) is 0 Å². The normalized spacial score (nSPS) is 18.8. The summed E-state index contributed by atoms with van der Waals surface area (Å²) in [5.41, 5.74) is 2.05. The second-order valence-electron chi connectivity index (χ2n) is 6.05. The van der Waals surface area contributed by atoms with Gasteiger partial charge in [0.25, 0.3) is 5.91 Å². The highest BCUT2D eigenvalue weighted by molar-refractivity contribution is 6.30. The van der Waals surface area contributed by atoms with Crippen molar-refractivity contribution in [1.29, 1.82) is 0 Å². The molecule has 0 aromatic heterocycles. The average Bonchev–Trinajstić information content (AvgIpc) is 2.86. The molecule has 25 heavy (non-hydrogen) atoms. The number of anilines is 1. The molecule has 2 atom stereocenters. The van der Waals surface area contributed by atoms with E-state index in [4.69, 9.17) is 16.3 Å². The van der Waals surface area contributed by atoms with Gasteiger partial charge in [0.05, 0.1) is 13.5 Å². The molecule has 3 rings (SSSR count). The monoisotopic (exact) mass is 359 g/mol. The standard InChI is InChI=1S/C19H18ClNO4/c1-11-15(10-18(22)23)16-9-14(25-2)7-8-17(16)21(11)19(24)12-3-5-13(20)6-4-12/h3-9,11,15H,10H2,1-2H3,(H,22,23)/t11-,15+/m1/s1. The minimum Gasteiger partial charge on any atom is -0.497 e. The Hall–Kier alpha value is -2.53. The molecule has 0 saturated carbocycles. The molecule has 0 saturated heterocycles. The summed E-state index contributed by atoms with van der Waals surface area (Å²) < 4.78 is 5.26. The number of carbonyl (C=O) groups is 2. The molecule has 1 amide bonds. The van der Waals surface area contributed by atoms with E-state index < -0.39 is 5.97 Å². The summed E-state index contributed by atoms with van der Waals surface area (Å²) in [6.07, 6.45) is -0.0499. The van der Waals surface area contributed by atoms with Gasteiger partial charge in [-0.3, -0.25) is 9.59 Å². The number of fused-ring (bicyclic) bond motifs is 1. The fourth-order valence-electron chi connectivity index (χ4n) is 3.33. The van der Waals surface area contributed by atoms with Crippen molar-refractivity contribution in [3.8, 4) is 5.75 Å². The van der Waals surface area contributed by atoms with Gasteiger partial charge >= 0.3 is 5.97 Å². The van der Waals surface area contributed by atoms with Crippen LogP contribution in [0.1, 0.15) is 35.2 Å². The summed E-state index contributed by atoms with van der Waals surface area (Å²) in [6, 6.07) is 11.8. The van der Waals surface area contributed by atoms with Crippen LogP contribution in [0.2, 0.25) is 5.02 Å². The first-order chi connectivity index (χ1) is 11.9. The van der Waals surface area contributed by atoms with Gasteiger partial charge in [-0.25, -0.2) is 0 Å². The van der Waals surface area contributed by atoms with Crippen molar-refractivity contribution in [2.24, 2.45) is 0 Å². The molecule has 2 aromatic rings. The molecule has 1 N–H and O–H groups in total. The number of hydrogen-bond acceptors (Lipinski definition) is 3. The average molecular weight is 360 g/mol. The number of rotatable bonds is 4. The molecule has 0 fully saturated rings. The minimum atomic E-state index is -0.897. The smallest absolute Gasteiger partial charge is 0.304 e. The lowest BCUT2D eigenvalue weighted by atomic mass is 9.92. The van der Waals surface area contributed by atoms with Crippen LogP contribution in [-0.2, 0) is 4.79 Å². The first-order valence-corrected chi connectivity index (χ1v) is 8.29. The van der Waals surface area contributed by atoms with Crippen molar-refractivity contribution in [2.75, 3.05) is 12.0 Å². The second-order valence-corrected chi connectivity index (χ2v) is 6.49. The van der Waals surface area contributed by atoms with Crippen LogP contribution >= 0.6 is 11.6 Å². The zero-order chi connectivity index (χ0) is 18.1. The second kappa shape index (κ2) is 6.76. The van der Waals surface area contributed by atoms with Crippen LogP contribution < -0.4 is 9.64 Å². The maximum Gasteiger partial charge on any atom is 0.304 e. The summed E-state index contributed by atoms with van der Waals surface area (Å²) >= 11 is 5.90. The van der Waals surface area contributed by atoms with Gasteiger partial charge in [-0.1, -0.05) is 11.6 Å². The van der Waals surface area contributed by atoms with E-state index >= 15 is 0 Å². The summed E-state index contributed by atoms with van der Waals surface area (Å²) in [6.45, 7) is 1.87. The molecule has 0 spiro atoms. The molecular formula is C19H18ClNO4. The quantitative estimate of drug-likeness (QED) is 0.897. The van der Waals surface area contributed by atoms with E-state index in [0.29, 0.717) is 16.3 Å². The van der Waals surface area contributed by atoms with Gasteiger partial charge in [0.1, 0.15) is 5.75 Å². The number of amides is 1. The topological polar surface area (TPSA) is 66.8 Å². The van der Waals surface area contributed by atoms with Gasteiger partial charge in [-0.05, 0) is 55.0 Å². The Morgan fingerprint density at radius 3 is 2.48 bits per heavy atom. The number of hydrogen-bond donors (Lipinski definition) is 1. The van der Waals surface area contributed by atoms with E-state index in [9.17, 15) is 14.7 Å². The zero-order valence-corrected chi connectivity index (χ0v) is 14.7. The van der Waals surface area contributed by atoms with Crippen molar-refractivity contribution in [3.05, 3.63) is 58.6 Å². The number of aliphatic carboxylic acids is 1. The SMILES string of the molecule is COc1ccc2c(c1)[C@@H](CC(=O)O)[C@@H](C)N2C(=O)c1ccc(Cl)cc1. The van der Waals surface area contributed by atoms with E-state index in [1.165, 1.54) is 0 Å². The van der Waals surface area contributed by atoms with Crippen molar-refractivity contribution in [2.45, 2.75) is 25.3 Å². The lowest BCUT2D eigenvalue weighted by Gasteiger charge is -2.25. The molecule has 0 bridgehead atoms. The summed E-state index contributed by atoms with van der Waals surface area (Å²) in [5.74, 6) is -0.726. The Bertz CT molecular complexity index is 819. The first-order valence-electron chi connectivity index (χ1n) is 7.91. The fraction of sp³-hybridized carbons (Fsp3) is 0.263. The zero-order valence-electron chi connectivity index (χ0n) is 13.9. The maximum atomic E-state index is 13.0. The molecule has 130 valence electrons. The minimum absolute atomic E-state index is 0.0499. The highest BCUT2D eigenvalue weighted by Crippen LogP contribution is 2.45. The van der Waals surface area contributed by atoms with Gasteiger partial charge in [0.15, 0.2) is 0 Å². The van der Waals surface area contributed by atoms with Crippen LogP contribution in [-0.4, -0.2) is 30.1 Å². The van der Waals surface area contributed by atoms with Gasteiger partial charge in [0.2, 0.25) is 0 Å². The lowest BCUT2D eigenvalue weighted by Crippen LogP contribution is -2.37. The molecule has 5 nitrogen and oxygen atoms in total. The van der Waals surface area contributed by atoms with Crippen LogP contribution in [0.5, 0.6) is 5.75 Å². The van der Waals surface area contributed by atoms with E-state index in [1.807, 2.05) is 13.0 Å². The Morgan fingerprint density at radius 1 is 1.20 bits per heavy atom. The molecule has 2 aromatic carbocycles. The molecule has 1 heterocycles. The molecule has 0 aliphatic carbocycles. The number of nitrogens with zero attached hydrogens (tertiary/aromatic N) is 1. The molecule has 6 heteroatoms. The van der Waals surface area contributed by atoms with Crippen molar-refractivity contribution >= 4 is 29.2 Å². The van der Waals surface area contributed by atoms with Gasteiger partial charge in [-0.2, -0.15) is 0 Å². The predicted octanol–water partition coefficient (Wildman–Crippen LogP) is 3.96. The number of ether oxygens (including phenoxy) is 1. The number of methoxy groups -OCH3 is 1. The summed E-state index contributed by atoms with van der Waals surface area (Å²) in [4.78, 5) is 26.0. The summed E-state index contributed by atoms with van der Waals surface area (Å²) in [5, 5.41) is 9.82. The first kappa shape index (κ1) is 17.3. The van der Waals surface area contributed by atoms with Crippen LogP contribution in [0, 0.1) is 0 Å². The predicted molar refractivity (Wildman–Crippen MR) is 95.7 cm³/mol. The Morgan fingerprint density at radius 2 is 1.88 bits per heavy atom. The molecule has 1 aliphatic rings. The van der Waals surface area contributed by atoms with E-state index in [2.05, 4.69) is 0 Å². The number of carbonyl (C=O) groups excluding carboxylic acids is 1. The van der Waals surface area contributed by atoms with Crippen molar-refractivity contribution in [3.63, 3.8) is 0 Å². The maximum absolute atomic E-state index is 13.0. The number of benzene rings is 2. The molecule has 1 aliphatic heterocycles. The number of carboxylic acid groups (broad SMARTS) is 1. The van der Waals surface area contributed by atoms with E-state index in [-0.39, 0.29) is 24.3 Å². The Kier molecular flexibility index (Phi) is 4.68. The highest BCUT2D eigenvalue weighted by Gasteiger charge is 2.40. The number of halogens is 1. The van der Waals surface area contributed by atoms with E-state index in [0.717, 1.165) is 11.3 Å². The Labute approximate surface area is 150 Å². The van der Waals surface area contributed by atoms with E-state index in [1.54, 1.807) is 48.4 Å². The highest BCUT2D eigenvalue weighted by atomic mass is 35.5. The van der Waals surface area contributed by atoms with Gasteiger partial charge in [0, 0.05) is 28.2 Å². The fourth-order valence-corrected chi connectivity index (χ4v) is 3.46. The number of carboxylic acids is 1. The molecule has 0 unspecified atom stereocenters. The molecule has 0 radical (unpaired) electrons. The van der Waals surface area contributed by atoms with Crippen LogP contribution in [0.15, 0.2) is 42.5 Å². The van der Waals surface area contributed by atoms with Crippen LogP contribution in [0.3, 0.4) is 0 Å². The van der Waals surface area contributed by atoms with Gasteiger partial charge < -0.3 is 14.7 Å². The molecular weight excluding hydrogens is 342 g/mol. The summed E-state index contributed by atoms with van der Waals surface area (Å²) in [7, 11) is 1.56. The van der Waals surface area contributed by atoms with Crippen LogP contribution in [0.4, 0.5) is 5.69 Å². The largest absolute Gasteiger partial charge is 0.497 e. The van der Waals surface area contributed by atoms with Crippen molar-refractivity contribution in [1.82, 2.24) is 0 Å². The third-order valence-electron chi connectivity index (χ3n) is 4.59. The lowest BCUT2D eigenvalue weighted by molar-refractivity contribution is -0.137. The van der Waals surface area contributed by atoms with Crippen molar-refractivity contribution < 1.29 is 19.4 Å². The third-order valence-corrected chi connectivity index (χ3v) is 4.84. The third kappa shape index (κ3) is 3.20. The van der Waals surface area contributed by atoms with Crippen LogP contribution in [0.25, 0.3) is 0 Å².